The summed E-state index contributed by atoms with van der Waals surface area (Å²) in [6.45, 7) is 0. The summed E-state index contributed by atoms with van der Waals surface area (Å²) in [6.07, 6.45) is -6.99. The van der Waals surface area contributed by atoms with Crippen molar-refractivity contribution in [3.63, 3.8) is 0 Å². The van der Waals surface area contributed by atoms with Crippen LogP contribution in [0.3, 0.4) is 0 Å². The number of allylic oxidation sites excluding steroid dienone is 1. The first-order valence-electron chi connectivity index (χ1n) is 5.28. The highest BCUT2D eigenvalue weighted by Gasteiger charge is 2.83. The van der Waals surface area contributed by atoms with Crippen molar-refractivity contribution in [2.45, 2.75) is 30.4 Å². The summed E-state index contributed by atoms with van der Waals surface area (Å²) in [5, 5.41) is 1.77. The van der Waals surface area contributed by atoms with Crippen molar-refractivity contribution in [2.75, 3.05) is 0 Å². The van der Waals surface area contributed by atoms with Crippen LogP contribution < -0.4 is 5.32 Å². The maximum Gasteiger partial charge on any atom is 0.415 e. The molecule has 3 rings (SSSR count). The van der Waals surface area contributed by atoms with Gasteiger partial charge in [0.15, 0.2) is 0 Å². The van der Waals surface area contributed by atoms with E-state index in [1.165, 1.54) is 6.08 Å². The van der Waals surface area contributed by atoms with Crippen molar-refractivity contribution in [3.8, 4) is 0 Å². The maximum atomic E-state index is 12.8. The van der Waals surface area contributed by atoms with E-state index in [2.05, 4.69) is 0 Å². The van der Waals surface area contributed by atoms with Gasteiger partial charge in [0.05, 0.1) is 0 Å². The highest BCUT2D eigenvalue weighted by molar-refractivity contribution is 5.31. The van der Waals surface area contributed by atoms with Crippen molar-refractivity contribution in [1.82, 2.24) is 5.32 Å². The third kappa shape index (κ3) is 1.11. The summed E-state index contributed by atoms with van der Waals surface area (Å²) < 4.78 is 76.8. The van der Waals surface area contributed by atoms with Gasteiger partial charge in [-0.15, -0.1) is 0 Å². The maximum absolute atomic E-state index is 12.8. The molecule has 1 saturated heterocycles. The lowest BCUT2D eigenvalue weighted by molar-refractivity contribution is -0.356. The van der Waals surface area contributed by atoms with E-state index in [9.17, 15) is 26.3 Å². The van der Waals surface area contributed by atoms with E-state index in [-0.39, 0.29) is 5.92 Å². The molecular formula is C10H9F6N. The second-order valence-electron chi connectivity index (χ2n) is 4.95. The molecule has 1 heterocycles. The molecule has 0 aromatic heterocycles. The van der Waals surface area contributed by atoms with Crippen molar-refractivity contribution in [3.05, 3.63) is 12.2 Å². The van der Waals surface area contributed by atoms with Gasteiger partial charge in [0, 0.05) is 12.0 Å². The van der Waals surface area contributed by atoms with E-state index >= 15 is 0 Å². The van der Waals surface area contributed by atoms with Crippen LogP contribution in [0.4, 0.5) is 26.3 Å². The van der Waals surface area contributed by atoms with Crippen molar-refractivity contribution < 1.29 is 26.3 Å². The molecule has 2 bridgehead atoms. The zero-order valence-corrected chi connectivity index (χ0v) is 8.44. The molecule has 0 amide bonds. The number of halogens is 6. The molecule has 96 valence electrons. The first-order chi connectivity index (χ1) is 7.68. The second-order valence-corrected chi connectivity index (χ2v) is 4.95. The minimum Gasteiger partial charge on any atom is -0.292 e. The Morgan fingerprint density at radius 1 is 0.941 bits per heavy atom. The molecule has 1 aliphatic heterocycles. The molecule has 4 unspecified atom stereocenters. The smallest absolute Gasteiger partial charge is 0.292 e. The predicted octanol–water partition coefficient (Wildman–Crippen LogP) is 2.64. The van der Waals surface area contributed by atoms with Gasteiger partial charge in [-0.3, -0.25) is 5.32 Å². The minimum atomic E-state index is -5.30. The van der Waals surface area contributed by atoms with E-state index in [0.29, 0.717) is 6.42 Å². The highest BCUT2D eigenvalue weighted by atomic mass is 19.4. The monoisotopic (exact) mass is 257 g/mol. The summed E-state index contributed by atoms with van der Waals surface area (Å²) in [7, 11) is 0. The Morgan fingerprint density at radius 2 is 1.47 bits per heavy atom. The Hall–Kier alpha value is -0.720. The average molecular weight is 257 g/mol. The molecule has 1 N–H and O–H groups in total. The molecule has 2 aliphatic carbocycles. The summed E-state index contributed by atoms with van der Waals surface area (Å²) in [6, 6.07) is -0.673. The summed E-state index contributed by atoms with van der Waals surface area (Å²) in [5.74, 6) is -2.17. The lowest BCUT2D eigenvalue weighted by Gasteiger charge is -2.57. The molecule has 17 heavy (non-hydrogen) atoms. The lowest BCUT2D eigenvalue weighted by atomic mass is 9.64. The topological polar surface area (TPSA) is 12.0 Å². The Morgan fingerprint density at radius 3 is 1.94 bits per heavy atom. The molecule has 2 fully saturated rings. The predicted molar refractivity (Wildman–Crippen MR) is 46.0 cm³/mol. The van der Waals surface area contributed by atoms with Gasteiger partial charge in [0.1, 0.15) is 0 Å². The zero-order valence-electron chi connectivity index (χ0n) is 8.44. The van der Waals surface area contributed by atoms with Crippen molar-refractivity contribution >= 4 is 0 Å². The van der Waals surface area contributed by atoms with E-state index in [4.69, 9.17) is 0 Å². The second kappa shape index (κ2) is 2.81. The normalized spacial score (nSPS) is 42.5. The third-order valence-electron chi connectivity index (χ3n) is 4.25. The SMILES string of the molecule is FC(F)(F)C1(C(F)(F)F)NC2C3C=CC(C3)C21. The number of fused-ring (bicyclic) bond motifs is 5. The fourth-order valence-corrected chi connectivity index (χ4v) is 3.57. The van der Waals surface area contributed by atoms with Crippen LogP contribution in [0.25, 0.3) is 0 Å². The fourth-order valence-electron chi connectivity index (χ4n) is 3.57. The van der Waals surface area contributed by atoms with Crippen LogP contribution in [0.2, 0.25) is 0 Å². The molecule has 0 aromatic rings. The highest BCUT2D eigenvalue weighted by Crippen LogP contribution is 2.63. The molecular weight excluding hydrogens is 248 g/mol. The van der Waals surface area contributed by atoms with Crippen molar-refractivity contribution in [2.24, 2.45) is 17.8 Å². The Bertz CT molecular complexity index is 367. The quantitative estimate of drug-likeness (QED) is 0.519. The van der Waals surface area contributed by atoms with Gasteiger partial charge in [0.25, 0.3) is 0 Å². The van der Waals surface area contributed by atoms with Crippen LogP contribution in [0.5, 0.6) is 0 Å². The number of alkyl halides is 6. The number of hydrogen-bond donors (Lipinski definition) is 1. The van der Waals surface area contributed by atoms with Gasteiger partial charge in [-0.1, -0.05) is 12.2 Å². The lowest BCUT2D eigenvalue weighted by Crippen LogP contribution is -2.84. The van der Waals surface area contributed by atoms with Gasteiger partial charge in [-0.2, -0.15) is 26.3 Å². The van der Waals surface area contributed by atoms with Crippen molar-refractivity contribution in [1.29, 1.82) is 0 Å². The number of nitrogens with one attached hydrogen (secondary N) is 1. The van der Waals surface area contributed by atoms with Crippen LogP contribution in [-0.2, 0) is 0 Å². The van der Waals surface area contributed by atoms with Gasteiger partial charge >= 0.3 is 12.4 Å². The zero-order chi connectivity index (χ0) is 12.6. The Kier molecular flexibility index (Phi) is 1.88. The summed E-state index contributed by atoms with van der Waals surface area (Å²) in [5.41, 5.74) is -3.70. The van der Waals surface area contributed by atoms with Crippen LogP contribution in [0.1, 0.15) is 6.42 Å². The molecule has 4 atom stereocenters. The standard InChI is InChI=1S/C10H9F6N/c11-9(12,13)8(10(14,15)16)6-4-1-2-5(3-4)7(6)17-8/h1-2,4-7,17H,3H2. The molecule has 7 heteroatoms. The van der Waals surface area contributed by atoms with Gasteiger partial charge in [-0.05, 0) is 18.3 Å². The number of hydrogen-bond acceptors (Lipinski definition) is 1. The molecule has 0 spiro atoms. The van der Waals surface area contributed by atoms with Crippen LogP contribution in [0.15, 0.2) is 12.2 Å². The first kappa shape index (κ1) is 11.4. The molecule has 0 aromatic carbocycles. The largest absolute Gasteiger partial charge is 0.415 e. The molecule has 1 nitrogen and oxygen atoms in total. The van der Waals surface area contributed by atoms with Crippen LogP contribution in [0, 0.1) is 17.8 Å². The molecule has 1 saturated carbocycles. The molecule has 0 radical (unpaired) electrons. The van der Waals surface area contributed by atoms with Crippen LogP contribution >= 0.6 is 0 Å². The van der Waals surface area contributed by atoms with Gasteiger partial charge in [-0.25, -0.2) is 0 Å². The van der Waals surface area contributed by atoms with Gasteiger partial charge < -0.3 is 0 Å². The number of rotatable bonds is 0. The Balaban J connectivity index is 2.03. The van der Waals surface area contributed by atoms with E-state index in [1.807, 2.05) is 0 Å². The first-order valence-corrected chi connectivity index (χ1v) is 5.28. The van der Waals surface area contributed by atoms with Crippen LogP contribution in [-0.4, -0.2) is 23.9 Å². The molecule has 3 aliphatic rings. The van der Waals surface area contributed by atoms with E-state index in [0.717, 1.165) is 0 Å². The summed E-state index contributed by atoms with van der Waals surface area (Å²) >= 11 is 0. The third-order valence-corrected chi connectivity index (χ3v) is 4.25. The van der Waals surface area contributed by atoms with E-state index in [1.54, 1.807) is 11.4 Å². The average Bonchev–Trinajstić information content (AvgIpc) is 2.53. The van der Waals surface area contributed by atoms with E-state index < -0.39 is 35.8 Å². The Labute approximate surface area is 92.9 Å². The minimum absolute atomic E-state index is 0.178. The summed E-state index contributed by atoms with van der Waals surface area (Å²) in [4.78, 5) is 0. The van der Waals surface area contributed by atoms with Gasteiger partial charge in [0.2, 0.25) is 5.54 Å². The fraction of sp³-hybridized carbons (Fsp3) is 0.800.